The minimum absolute atomic E-state index is 0.690. The second-order valence-corrected chi connectivity index (χ2v) is 8.25. The van der Waals surface area contributed by atoms with Crippen molar-refractivity contribution in [3.63, 3.8) is 0 Å². The molecule has 1 fully saturated rings. The molecule has 136 valence electrons. The van der Waals surface area contributed by atoms with Gasteiger partial charge >= 0.3 is 0 Å². The normalized spacial score (nSPS) is 20.7. The number of piperidine rings is 1. The summed E-state index contributed by atoms with van der Waals surface area (Å²) in [7, 11) is 0. The van der Waals surface area contributed by atoms with Gasteiger partial charge in [-0.15, -0.1) is 0 Å². The van der Waals surface area contributed by atoms with Crippen LogP contribution in [0.3, 0.4) is 0 Å². The molecule has 2 aromatic heterocycles. The summed E-state index contributed by atoms with van der Waals surface area (Å²) in [6.07, 6.45) is 1.29. The number of hydrogen-bond acceptors (Lipinski definition) is 3. The number of halogens is 1. The van der Waals surface area contributed by atoms with Crippen molar-refractivity contribution >= 4 is 23.1 Å². The maximum atomic E-state index is 6.07. The Hall–Kier alpha value is -2.07. The van der Waals surface area contributed by atoms with Crippen molar-refractivity contribution in [2.24, 2.45) is 11.8 Å². The summed E-state index contributed by atoms with van der Waals surface area (Å²) in [5.74, 6) is 2.53. The molecule has 0 spiro atoms. The summed E-state index contributed by atoms with van der Waals surface area (Å²) in [4.78, 5) is 7.30. The molecule has 0 bridgehead atoms. The number of aromatic nitrogens is 3. The Morgan fingerprint density at radius 1 is 1.04 bits per heavy atom. The van der Waals surface area contributed by atoms with E-state index in [0.717, 1.165) is 52.1 Å². The molecule has 26 heavy (non-hydrogen) atoms. The molecular weight excluding hydrogens is 344 g/mol. The lowest BCUT2D eigenvalue weighted by Crippen LogP contribution is -2.39. The highest BCUT2D eigenvalue weighted by Gasteiger charge is 2.25. The van der Waals surface area contributed by atoms with Gasteiger partial charge in [-0.3, -0.25) is 0 Å². The molecule has 0 aliphatic carbocycles. The van der Waals surface area contributed by atoms with Crippen LogP contribution in [0.25, 0.3) is 16.8 Å². The molecule has 4 rings (SSSR count). The van der Waals surface area contributed by atoms with Crippen molar-refractivity contribution in [2.75, 3.05) is 18.0 Å². The van der Waals surface area contributed by atoms with Crippen LogP contribution in [0.1, 0.15) is 31.7 Å². The SMILES string of the molecule is Cc1cc(N2C[C@@H](C)C[C@H](C)C2)n2nc(C)c(-c3ccc(Cl)cc3)c2n1. The van der Waals surface area contributed by atoms with Crippen molar-refractivity contribution in [1.29, 1.82) is 0 Å². The maximum absolute atomic E-state index is 6.07. The zero-order valence-electron chi connectivity index (χ0n) is 15.8. The molecular formula is C21H25ClN4. The second-order valence-electron chi connectivity index (χ2n) is 7.81. The Bertz CT molecular complexity index is 935. The summed E-state index contributed by atoms with van der Waals surface area (Å²) in [6, 6.07) is 10.1. The summed E-state index contributed by atoms with van der Waals surface area (Å²) < 4.78 is 2.02. The number of fused-ring (bicyclic) bond motifs is 1. The van der Waals surface area contributed by atoms with E-state index >= 15 is 0 Å². The van der Waals surface area contributed by atoms with Gasteiger partial charge in [-0.1, -0.05) is 37.6 Å². The van der Waals surface area contributed by atoms with E-state index in [1.807, 2.05) is 28.8 Å². The van der Waals surface area contributed by atoms with Crippen molar-refractivity contribution in [1.82, 2.24) is 14.6 Å². The van der Waals surface area contributed by atoms with Gasteiger partial charge in [-0.25, -0.2) is 4.98 Å². The first-order valence-electron chi connectivity index (χ1n) is 9.30. The number of nitrogens with zero attached hydrogens (tertiary/aromatic N) is 4. The van der Waals surface area contributed by atoms with Crippen molar-refractivity contribution in [2.45, 2.75) is 34.1 Å². The van der Waals surface area contributed by atoms with Crippen LogP contribution in [-0.2, 0) is 0 Å². The number of benzene rings is 1. The minimum Gasteiger partial charge on any atom is -0.356 e. The molecule has 0 radical (unpaired) electrons. The van der Waals surface area contributed by atoms with Crippen molar-refractivity contribution < 1.29 is 0 Å². The van der Waals surface area contributed by atoms with Crippen LogP contribution in [0.15, 0.2) is 30.3 Å². The molecule has 3 heterocycles. The molecule has 3 aromatic rings. The van der Waals surface area contributed by atoms with E-state index < -0.39 is 0 Å². The molecule has 1 aromatic carbocycles. The highest BCUT2D eigenvalue weighted by Crippen LogP contribution is 2.32. The Morgan fingerprint density at radius 2 is 1.69 bits per heavy atom. The predicted octanol–water partition coefficient (Wildman–Crippen LogP) is 5.15. The van der Waals surface area contributed by atoms with Crippen molar-refractivity contribution in [3.05, 3.63) is 46.7 Å². The van der Waals surface area contributed by atoms with E-state index in [-0.39, 0.29) is 0 Å². The van der Waals surface area contributed by atoms with Crippen LogP contribution in [0.2, 0.25) is 5.02 Å². The van der Waals surface area contributed by atoms with E-state index in [0.29, 0.717) is 11.8 Å². The Labute approximate surface area is 159 Å². The number of hydrogen-bond donors (Lipinski definition) is 0. The lowest BCUT2D eigenvalue weighted by molar-refractivity contribution is 0.354. The van der Waals surface area contributed by atoms with Gasteiger partial charge in [0.25, 0.3) is 0 Å². The molecule has 1 aliphatic rings. The minimum atomic E-state index is 0.690. The van der Waals surface area contributed by atoms with Gasteiger partial charge in [-0.2, -0.15) is 9.61 Å². The monoisotopic (exact) mass is 368 g/mol. The molecule has 0 amide bonds. The molecule has 4 nitrogen and oxygen atoms in total. The smallest absolute Gasteiger partial charge is 0.165 e. The van der Waals surface area contributed by atoms with E-state index in [4.69, 9.17) is 21.7 Å². The summed E-state index contributed by atoms with van der Waals surface area (Å²) in [5.41, 5.74) is 5.13. The Balaban J connectivity index is 1.88. The topological polar surface area (TPSA) is 33.4 Å². The first kappa shape index (κ1) is 17.3. The van der Waals surface area contributed by atoms with Crippen LogP contribution in [0, 0.1) is 25.7 Å². The molecule has 0 unspecified atom stereocenters. The third-order valence-corrected chi connectivity index (χ3v) is 5.45. The van der Waals surface area contributed by atoms with Crippen LogP contribution < -0.4 is 4.90 Å². The van der Waals surface area contributed by atoms with Gasteiger partial charge < -0.3 is 4.90 Å². The molecule has 0 N–H and O–H groups in total. The lowest BCUT2D eigenvalue weighted by atomic mass is 9.92. The Kier molecular flexibility index (Phi) is 4.39. The third kappa shape index (κ3) is 3.07. The van der Waals surface area contributed by atoms with Crippen LogP contribution in [0.4, 0.5) is 5.82 Å². The van der Waals surface area contributed by atoms with Gasteiger partial charge in [0.05, 0.1) is 5.69 Å². The maximum Gasteiger partial charge on any atom is 0.165 e. The number of anilines is 1. The molecule has 5 heteroatoms. The molecule has 0 saturated carbocycles. The average Bonchev–Trinajstić information content (AvgIpc) is 2.90. The van der Waals surface area contributed by atoms with E-state index in [2.05, 4.69) is 38.7 Å². The third-order valence-electron chi connectivity index (χ3n) is 5.20. The number of aryl methyl sites for hydroxylation is 2. The molecule has 2 atom stereocenters. The standard InChI is InChI=1S/C21H25ClN4/c1-13-9-14(2)12-25(11-13)19-10-15(3)23-21-20(16(4)24-26(19)21)17-5-7-18(22)8-6-17/h5-8,10,13-14H,9,11-12H2,1-4H3/t13-,14-/m0/s1. The zero-order valence-corrected chi connectivity index (χ0v) is 16.6. The lowest BCUT2D eigenvalue weighted by Gasteiger charge is -2.36. The summed E-state index contributed by atoms with van der Waals surface area (Å²) >= 11 is 6.07. The zero-order chi connectivity index (χ0) is 18.4. The molecule has 1 aliphatic heterocycles. The van der Waals surface area contributed by atoms with Gasteiger partial charge in [0.2, 0.25) is 0 Å². The number of rotatable bonds is 2. The van der Waals surface area contributed by atoms with E-state index in [9.17, 15) is 0 Å². The highest BCUT2D eigenvalue weighted by molar-refractivity contribution is 6.30. The fourth-order valence-electron chi connectivity index (χ4n) is 4.26. The highest BCUT2D eigenvalue weighted by atomic mass is 35.5. The fourth-order valence-corrected chi connectivity index (χ4v) is 4.38. The average molecular weight is 369 g/mol. The fraction of sp³-hybridized carbons (Fsp3) is 0.429. The van der Waals surface area contributed by atoms with Gasteiger partial charge in [0.1, 0.15) is 5.82 Å². The second kappa shape index (κ2) is 6.58. The van der Waals surface area contributed by atoms with Gasteiger partial charge in [0, 0.05) is 35.4 Å². The van der Waals surface area contributed by atoms with E-state index in [1.54, 1.807) is 0 Å². The predicted molar refractivity (Wildman–Crippen MR) is 108 cm³/mol. The summed E-state index contributed by atoms with van der Waals surface area (Å²) in [6.45, 7) is 10.9. The van der Waals surface area contributed by atoms with Crippen LogP contribution in [0.5, 0.6) is 0 Å². The van der Waals surface area contributed by atoms with Gasteiger partial charge in [0.15, 0.2) is 5.65 Å². The van der Waals surface area contributed by atoms with Crippen LogP contribution >= 0.6 is 11.6 Å². The summed E-state index contributed by atoms with van der Waals surface area (Å²) in [5, 5.41) is 5.60. The van der Waals surface area contributed by atoms with Gasteiger partial charge in [-0.05, 0) is 49.8 Å². The first-order chi connectivity index (χ1) is 12.4. The Morgan fingerprint density at radius 3 is 2.35 bits per heavy atom. The largest absolute Gasteiger partial charge is 0.356 e. The quantitative estimate of drug-likeness (QED) is 0.627. The van der Waals surface area contributed by atoms with Crippen LogP contribution in [-0.4, -0.2) is 27.7 Å². The van der Waals surface area contributed by atoms with E-state index in [1.165, 1.54) is 6.42 Å². The van der Waals surface area contributed by atoms with Crippen molar-refractivity contribution in [3.8, 4) is 11.1 Å². The first-order valence-corrected chi connectivity index (χ1v) is 9.68. The molecule has 1 saturated heterocycles.